The van der Waals surface area contributed by atoms with E-state index in [-0.39, 0.29) is 28.4 Å². The van der Waals surface area contributed by atoms with Crippen molar-refractivity contribution < 1.29 is 19.1 Å². The zero-order valence-corrected chi connectivity index (χ0v) is 17.7. The number of hydrogen-bond donors (Lipinski definition) is 1. The van der Waals surface area contributed by atoms with Gasteiger partial charge in [0.25, 0.3) is 5.91 Å². The second-order valence-electron chi connectivity index (χ2n) is 6.79. The quantitative estimate of drug-likeness (QED) is 0.671. The molecule has 6 nitrogen and oxygen atoms in total. The molecular formula is C20H26Cl2N2O4. The van der Waals surface area contributed by atoms with E-state index in [1.807, 2.05) is 6.92 Å². The van der Waals surface area contributed by atoms with Crippen molar-refractivity contribution in [3.63, 3.8) is 0 Å². The lowest BCUT2D eigenvalue weighted by Crippen LogP contribution is -2.51. The van der Waals surface area contributed by atoms with Gasteiger partial charge in [-0.05, 0) is 44.4 Å². The number of benzene rings is 1. The minimum Gasteiger partial charge on any atom is -0.466 e. The third-order valence-electron chi connectivity index (χ3n) is 4.78. The van der Waals surface area contributed by atoms with Crippen molar-refractivity contribution in [3.8, 4) is 0 Å². The van der Waals surface area contributed by atoms with E-state index >= 15 is 0 Å². The van der Waals surface area contributed by atoms with Gasteiger partial charge in [-0.15, -0.1) is 0 Å². The Bertz CT molecular complexity index is 718. The maximum atomic E-state index is 12.9. The van der Waals surface area contributed by atoms with Crippen molar-refractivity contribution in [1.82, 2.24) is 10.2 Å². The molecule has 0 bridgehead atoms. The fourth-order valence-corrected chi connectivity index (χ4v) is 3.77. The molecule has 1 aliphatic heterocycles. The largest absolute Gasteiger partial charge is 0.466 e. The number of piperidine rings is 1. The summed E-state index contributed by atoms with van der Waals surface area (Å²) in [6, 6.07) is 3.98. The number of carbonyl (C=O) groups excluding carboxylic acids is 3. The monoisotopic (exact) mass is 428 g/mol. The van der Waals surface area contributed by atoms with Crippen LogP contribution in [0.25, 0.3) is 0 Å². The molecule has 0 spiro atoms. The van der Waals surface area contributed by atoms with E-state index in [1.165, 1.54) is 12.1 Å². The fraction of sp³-hybridized carbons (Fsp3) is 0.550. The Morgan fingerprint density at radius 3 is 2.46 bits per heavy atom. The molecule has 1 atom stereocenters. The van der Waals surface area contributed by atoms with Gasteiger partial charge < -0.3 is 15.0 Å². The summed E-state index contributed by atoms with van der Waals surface area (Å²) in [4.78, 5) is 39.1. The Kier molecular flexibility index (Phi) is 8.58. The van der Waals surface area contributed by atoms with Crippen LogP contribution in [0, 0.1) is 5.92 Å². The van der Waals surface area contributed by atoms with Crippen LogP contribution < -0.4 is 5.32 Å². The minimum atomic E-state index is -0.636. The van der Waals surface area contributed by atoms with Crippen LogP contribution in [-0.4, -0.2) is 48.4 Å². The van der Waals surface area contributed by atoms with Crippen LogP contribution in [0.1, 0.15) is 49.9 Å². The first-order valence-corrected chi connectivity index (χ1v) is 10.3. The number of esters is 1. The van der Waals surface area contributed by atoms with Gasteiger partial charge in [-0.25, -0.2) is 0 Å². The average molecular weight is 429 g/mol. The number of amides is 2. The number of rotatable bonds is 7. The third kappa shape index (κ3) is 5.85. The lowest BCUT2D eigenvalue weighted by Gasteiger charge is -2.33. The molecule has 28 heavy (non-hydrogen) atoms. The van der Waals surface area contributed by atoms with Crippen molar-refractivity contribution >= 4 is 41.0 Å². The Balaban J connectivity index is 2.00. The van der Waals surface area contributed by atoms with E-state index in [2.05, 4.69) is 5.32 Å². The molecule has 1 unspecified atom stereocenters. The molecule has 0 aromatic heterocycles. The third-order valence-corrected chi connectivity index (χ3v) is 5.33. The summed E-state index contributed by atoms with van der Waals surface area (Å²) in [5, 5.41) is 3.47. The highest BCUT2D eigenvalue weighted by molar-refractivity contribution is 6.36. The SMILES string of the molecule is CCCC(NC(=O)c1ccc(Cl)cc1Cl)C(=O)N1CCC(C(=O)OCC)CC1. The van der Waals surface area contributed by atoms with E-state index in [0.717, 1.165) is 6.42 Å². The van der Waals surface area contributed by atoms with Crippen molar-refractivity contribution in [1.29, 1.82) is 0 Å². The highest BCUT2D eigenvalue weighted by Crippen LogP contribution is 2.22. The summed E-state index contributed by atoms with van der Waals surface area (Å²) < 4.78 is 5.06. The smallest absolute Gasteiger partial charge is 0.309 e. The lowest BCUT2D eigenvalue weighted by molar-refractivity contribution is -0.151. The van der Waals surface area contributed by atoms with Crippen LogP contribution >= 0.6 is 23.2 Å². The number of nitrogens with one attached hydrogen (secondary N) is 1. The number of nitrogens with zero attached hydrogens (tertiary/aromatic N) is 1. The van der Waals surface area contributed by atoms with Gasteiger partial charge in [0.1, 0.15) is 6.04 Å². The van der Waals surface area contributed by atoms with Gasteiger partial charge in [-0.1, -0.05) is 36.5 Å². The zero-order chi connectivity index (χ0) is 20.7. The Labute approximate surface area is 175 Å². The summed E-state index contributed by atoms with van der Waals surface area (Å²) in [7, 11) is 0. The number of carbonyl (C=O) groups is 3. The van der Waals surface area contributed by atoms with E-state index in [1.54, 1.807) is 17.9 Å². The summed E-state index contributed by atoms with van der Waals surface area (Å²) in [5.74, 6) is -0.918. The van der Waals surface area contributed by atoms with Crippen molar-refractivity contribution in [2.45, 2.75) is 45.6 Å². The average Bonchev–Trinajstić information content (AvgIpc) is 2.67. The molecule has 0 aliphatic carbocycles. The zero-order valence-electron chi connectivity index (χ0n) is 16.2. The Morgan fingerprint density at radius 2 is 1.89 bits per heavy atom. The summed E-state index contributed by atoms with van der Waals surface area (Å²) in [6.45, 7) is 5.03. The van der Waals surface area contributed by atoms with Gasteiger partial charge in [0.05, 0.1) is 23.1 Å². The van der Waals surface area contributed by atoms with Crippen LogP contribution in [-0.2, 0) is 14.3 Å². The molecule has 154 valence electrons. The molecular weight excluding hydrogens is 403 g/mol. The van der Waals surface area contributed by atoms with Gasteiger partial charge in [0.15, 0.2) is 0 Å². The van der Waals surface area contributed by atoms with Crippen molar-refractivity contribution in [3.05, 3.63) is 33.8 Å². The molecule has 1 aromatic rings. The molecule has 1 heterocycles. The normalized spacial score (nSPS) is 15.8. The van der Waals surface area contributed by atoms with Crippen LogP contribution in [0.5, 0.6) is 0 Å². The van der Waals surface area contributed by atoms with E-state index < -0.39 is 11.9 Å². The van der Waals surface area contributed by atoms with Gasteiger partial charge in [0, 0.05) is 18.1 Å². The molecule has 2 rings (SSSR count). The highest BCUT2D eigenvalue weighted by Gasteiger charge is 2.32. The maximum Gasteiger partial charge on any atom is 0.309 e. The van der Waals surface area contributed by atoms with E-state index in [9.17, 15) is 14.4 Å². The number of likely N-dealkylation sites (tertiary alicyclic amines) is 1. The van der Waals surface area contributed by atoms with E-state index in [0.29, 0.717) is 44.0 Å². The van der Waals surface area contributed by atoms with Gasteiger partial charge >= 0.3 is 5.97 Å². The molecule has 1 aromatic carbocycles. The van der Waals surface area contributed by atoms with Crippen LogP contribution in [0.3, 0.4) is 0 Å². The molecule has 0 radical (unpaired) electrons. The molecule has 1 saturated heterocycles. The second-order valence-corrected chi connectivity index (χ2v) is 7.63. The topological polar surface area (TPSA) is 75.7 Å². The summed E-state index contributed by atoms with van der Waals surface area (Å²) in [6.07, 6.45) is 2.40. The van der Waals surface area contributed by atoms with Crippen molar-refractivity contribution in [2.24, 2.45) is 5.92 Å². The van der Waals surface area contributed by atoms with Crippen LogP contribution in [0.15, 0.2) is 18.2 Å². The fourth-order valence-electron chi connectivity index (χ4n) is 3.27. The highest BCUT2D eigenvalue weighted by atomic mass is 35.5. The Morgan fingerprint density at radius 1 is 1.21 bits per heavy atom. The summed E-state index contributed by atoms with van der Waals surface area (Å²) in [5.41, 5.74) is 0.279. The number of ether oxygens (including phenoxy) is 1. The van der Waals surface area contributed by atoms with Crippen LogP contribution in [0.4, 0.5) is 0 Å². The lowest BCUT2D eigenvalue weighted by atomic mass is 9.96. The first-order chi connectivity index (χ1) is 13.4. The first kappa shape index (κ1) is 22.5. The standard InChI is InChI=1S/C20H26Cl2N2O4/c1-3-5-17(23-18(25)15-7-6-14(21)12-16(15)22)19(26)24-10-8-13(9-11-24)20(27)28-4-2/h6-7,12-13,17H,3-5,8-11H2,1-2H3,(H,23,25). The first-order valence-electron chi connectivity index (χ1n) is 9.58. The van der Waals surface area contributed by atoms with E-state index in [4.69, 9.17) is 27.9 Å². The molecule has 1 fully saturated rings. The predicted molar refractivity (Wildman–Crippen MR) is 109 cm³/mol. The van der Waals surface area contributed by atoms with Gasteiger partial charge in [-0.3, -0.25) is 14.4 Å². The maximum absolute atomic E-state index is 12.9. The predicted octanol–water partition coefficient (Wildman–Crippen LogP) is 3.69. The molecule has 0 saturated carbocycles. The number of hydrogen-bond acceptors (Lipinski definition) is 4. The van der Waals surface area contributed by atoms with Gasteiger partial charge in [-0.2, -0.15) is 0 Å². The molecule has 2 amide bonds. The molecule has 1 N–H and O–H groups in total. The summed E-state index contributed by atoms with van der Waals surface area (Å²) >= 11 is 12.0. The minimum absolute atomic E-state index is 0.136. The van der Waals surface area contributed by atoms with Crippen LogP contribution in [0.2, 0.25) is 10.0 Å². The Hall–Kier alpha value is -1.79. The molecule has 1 aliphatic rings. The van der Waals surface area contributed by atoms with Gasteiger partial charge in [0.2, 0.25) is 5.91 Å². The molecule has 8 heteroatoms. The number of halogens is 2. The second kappa shape index (κ2) is 10.7. The van der Waals surface area contributed by atoms with Crippen molar-refractivity contribution in [2.75, 3.05) is 19.7 Å².